The summed E-state index contributed by atoms with van der Waals surface area (Å²) >= 11 is 6.07. The number of anilines is 1. The van der Waals surface area contributed by atoms with Crippen LogP contribution in [0.1, 0.15) is 40.4 Å². The lowest BCUT2D eigenvalue weighted by Crippen LogP contribution is -2.59. The Bertz CT molecular complexity index is 878. The first kappa shape index (κ1) is 22.4. The molecule has 2 unspecified atom stereocenters. The first-order valence-electron chi connectivity index (χ1n) is 10.1. The Morgan fingerprint density at radius 2 is 1.80 bits per heavy atom. The Morgan fingerprint density at radius 1 is 1.13 bits per heavy atom. The van der Waals surface area contributed by atoms with Crippen LogP contribution in [0.25, 0.3) is 5.69 Å². The maximum Gasteiger partial charge on any atom is 0.410 e. The van der Waals surface area contributed by atoms with E-state index in [2.05, 4.69) is 22.0 Å². The van der Waals surface area contributed by atoms with E-state index < -0.39 is 5.60 Å². The largest absolute Gasteiger partial charge is 0.444 e. The second-order valence-electron chi connectivity index (χ2n) is 8.64. The minimum absolute atomic E-state index is 0.0272. The Balaban J connectivity index is 1.89. The molecule has 30 heavy (non-hydrogen) atoms. The smallest absolute Gasteiger partial charge is 0.410 e. The van der Waals surface area contributed by atoms with Gasteiger partial charge in [-0.15, -0.1) is 10.2 Å². The highest BCUT2D eigenvalue weighted by Gasteiger charge is 2.36. The fourth-order valence-electron chi connectivity index (χ4n) is 3.55. The predicted molar refractivity (Wildman–Crippen MR) is 116 cm³/mol. The molecule has 1 aliphatic heterocycles. The number of aromatic nitrogens is 3. The van der Waals surface area contributed by atoms with Crippen LogP contribution in [-0.4, -0.2) is 63.6 Å². The molecule has 8 nitrogen and oxygen atoms in total. The van der Waals surface area contributed by atoms with Gasteiger partial charge in [0.1, 0.15) is 12.2 Å². The van der Waals surface area contributed by atoms with Crippen molar-refractivity contribution in [2.24, 2.45) is 0 Å². The molecule has 1 aromatic heterocycles. The van der Waals surface area contributed by atoms with E-state index in [0.29, 0.717) is 36.5 Å². The molecule has 1 saturated heterocycles. The van der Waals surface area contributed by atoms with Gasteiger partial charge in [0.05, 0.1) is 5.69 Å². The van der Waals surface area contributed by atoms with Gasteiger partial charge in [-0.1, -0.05) is 11.6 Å². The first-order valence-corrected chi connectivity index (χ1v) is 10.4. The van der Waals surface area contributed by atoms with Gasteiger partial charge in [-0.05, 0) is 58.9 Å². The molecule has 164 valence electrons. The number of ether oxygens (including phenoxy) is 2. The van der Waals surface area contributed by atoms with E-state index in [-0.39, 0.29) is 18.2 Å². The van der Waals surface area contributed by atoms with Crippen molar-refractivity contribution >= 4 is 23.6 Å². The Hall–Kier alpha value is -2.32. The van der Waals surface area contributed by atoms with Crippen LogP contribution in [0.4, 0.5) is 10.7 Å². The molecule has 0 radical (unpaired) electrons. The second-order valence-corrected chi connectivity index (χ2v) is 9.08. The molecular formula is C21H30ClN5O3. The summed E-state index contributed by atoms with van der Waals surface area (Å²) in [7, 11) is 1.63. The van der Waals surface area contributed by atoms with Crippen molar-refractivity contribution < 1.29 is 14.3 Å². The second kappa shape index (κ2) is 8.81. The van der Waals surface area contributed by atoms with Crippen LogP contribution in [-0.2, 0) is 16.1 Å². The molecular weight excluding hydrogens is 406 g/mol. The quantitative estimate of drug-likeness (QED) is 0.725. The predicted octanol–water partition coefficient (Wildman–Crippen LogP) is 3.90. The summed E-state index contributed by atoms with van der Waals surface area (Å²) in [4.78, 5) is 16.6. The van der Waals surface area contributed by atoms with Gasteiger partial charge in [0.2, 0.25) is 5.95 Å². The van der Waals surface area contributed by atoms with E-state index in [9.17, 15) is 4.79 Å². The van der Waals surface area contributed by atoms with Crippen LogP contribution in [0.5, 0.6) is 0 Å². The monoisotopic (exact) mass is 435 g/mol. The number of carbonyl (C=O) groups excluding carboxylic acids is 1. The van der Waals surface area contributed by atoms with Gasteiger partial charge in [0, 0.05) is 37.3 Å². The summed E-state index contributed by atoms with van der Waals surface area (Å²) in [5.74, 6) is 1.41. The van der Waals surface area contributed by atoms with Gasteiger partial charge < -0.3 is 19.3 Å². The minimum atomic E-state index is -0.527. The van der Waals surface area contributed by atoms with E-state index in [1.165, 1.54) is 0 Å². The van der Waals surface area contributed by atoms with Gasteiger partial charge >= 0.3 is 6.09 Å². The third-order valence-corrected chi connectivity index (χ3v) is 5.19. The highest BCUT2D eigenvalue weighted by molar-refractivity contribution is 6.30. The normalized spacial score (nSPS) is 19.8. The van der Waals surface area contributed by atoms with Gasteiger partial charge in [0.25, 0.3) is 0 Å². The molecule has 1 fully saturated rings. The molecule has 3 rings (SSSR count). The van der Waals surface area contributed by atoms with Crippen LogP contribution in [0, 0.1) is 0 Å². The summed E-state index contributed by atoms with van der Waals surface area (Å²) < 4.78 is 12.9. The zero-order chi connectivity index (χ0) is 22.1. The fourth-order valence-corrected chi connectivity index (χ4v) is 3.68. The van der Waals surface area contributed by atoms with Crippen molar-refractivity contribution in [3.63, 3.8) is 0 Å². The first-order chi connectivity index (χ1) is 14.1. The lowest BCUT2D eigenvalue weighted by atomic mass is 10.1. The van der Waals surface area contributed by atoms with Crippen LogP contribution < -0.4 is 4.90 Å². The molecule has 1 amide bonds. The SMILES string of the molecule is COCc1nnc(N2CC(C)N(C(=O)OC(C)(C)C)CC2C)n1-c1ccc(Cl)cc1. The average molecular weight is 436 g/mol. The van der Waals surface area contributed by atoms with Crippen molar-refractivity contribution in [1.29, 1.82) is 0 Å². The summed E-state index contributed by atoms with van der Waals surface area (Å²) in [5.41, 5.74) is 0.377. The Labute approximate surface area is 182 Å². The number of hydrogen-bond donors (Lipinski definition) is 0. The molecule has 9 heteroatoms. The van der Waals surface area contributed by atoms with E-state index in [4.69, 9.17) is 21.1 Å². The lowest BCUT2D eigenvalue weighted by Gasteiger charge is -2.44. The number of carbonyl (C=O) groups is 1. The highest BCUT2D eigenvalue weighted by atomic mass is 35.5. The average Bonchev–Trinajstić information content (AvgIpc) is 3.06. The van der Waals surface area contributed by atoms with E-state index in [1.807, 2.05) is 56.5 Å². The molecule has 2 atom stereocenters. The zero-order valence-electron chi connectivity index (χ0n) is 18.4. The summed E-state index contributed by atoms with van der Waals surface area (Å²) in [6.07, 6.45) is -0.291. The molecule has 2 aromatic rings. The van der Waals surface area contributed by atoms with Gasteiger partial charge in [-0.25, -0.2) is 4.79 Å². The van der Waals surface area contributed by atoms with Crippen LogP contribution in [0.3, 0.4) is 0 Å². The molecule has 0 spiro atoms. The van der Waals surface area contributed by atoms with Gasteiger partial charge in [0.15, 0.2) is 5.82 Å². The molecule has 0 saturated carbocycles. The van der Waals surface area contributed by atoms with Gasteiger partial charge in [-0.3, -0.25) is 4.57 Å². The number of halogens is 1. The number of nitrogens with zero attached hydrogens (tertiary/aromatic N) is 5. The van der Waals surface area contributed by atoms with E-state index in [0.717, 1.165) is 5.69 Å². The van der Waals surface area contributed by atoms with Crippen molar-refractivity contribution in [2.75, 3.05) is 25.1 Å². The standard InChI is InChI=1S/C21H30ClN5O3/c1-14-12-26(20(28)30-21(3,4)5)15(2)11-25(14)19-24-23-18(13-29-6)27(19)17-9-7-16(22)8-10-17/h7-10,14-15H,11-13H2,1-6H3. The van der Waals surface area contributed by atoms with Crippen LogP contribution in [0.2, 0.25) is 5.02 Å². The molecule has 1 aliphatic rings. The summed E-state index contributed by atoms with van der Waals surface area (Å²) in [6, 6.07) is 7.52. The minimum Gasteiger partial charge on any atom is -0.444 e. The summed E-state index contributed by atoms with van der Waals surface area (Å²) in [6.45, 7) is 11.2. The lowest BCUT2D eigenvalue weighted by molar-refractivity contribution is 0.0129. The maximum atomic E-state index is 12.6. The maximum absolute atomic E-state index is 12.6. The highest BCUT2D eigenvalue weighted by Crippen LogP contribution is 2.27. The molecule has 2 heterocycles. The molecule has 0 bridgehead atoms. The van der Waals surface area contributed by atoms with E-state index in [1.54, 1.807) is 12.0 Å². The Morgan fingerprint density at radius 3 is 2.40 bits per heavy atom. The number of rotatable bonds is 4. The molecule has 0 N–H and O–H groups in total. The topological polar surface area (TPSA) is 72.7 Å². The van der Waals surface area contributed by atoms with Crippen molar-refractivity contribution in [2.45, 2.75) is 58.9 Å². The fraction of sp³-hybridized carbons (Fsp3) is 0.571. The Kier molecular flexibility index (Phi) is 6.57. The zero-order valence-corrected chi connectivity index (χ0v) is 19.2. The van der Waals surface area contributed by atoms with E-state index >= 15 is 0 Å². The molecule has 0 aliphatic carbocycles. The van der Waals surface area contributed by atoms with Crippen LogP contribution in [0.15, 0.2) is 24.3 Å². The number of benzene rings is 1. The molecule has 1 aromatic carbocycles. The summed E-state index contributed by atoms with van der Waals surface area (Å²) in [5, 5.41) is 9.47. The van der Waals surface area contributed by atoms with Crippen LogP contribution >= 0.6 is 11.6 Å². The number of piperazine rings is 1. The number of amides is 1. The number of hydrogen-bond acceptors (Lipinski definition) is 6. The third kappa shape index (κ3) is 4.87. The van der Waals surface area contributed by atoms with Crippen molar-refractivity contribution in [1.82, 2.24) is 19.7 Å². The third-order valence-electron chi connectivity index (χ3n) is 4.94. The van der Waals surface area contributed by atoms with Gasteiger partial charge in [-0.2, -0.15) is 0 Å². The van der Waals surface area contributed by atoms with Crippen molar-refractivity contribution in [3.05, 3.63) is 35.1 Å². The number of methoxy groups -OCH3 is 1. The van der Waals surface area contributed by atoms with Crippen molar-refractivity contribution in [3.8, 4) is 5.69 Å².